The fourth-order valence-corrected chi connectivity index (χ4v) is 3.61. The first-order valence-corrected chi connectivity index (χ1v) is 6.52. The number of thiophene rings is 1. The summed E-state index contributed by atoms with van der Waals surface area (Å²) in [4.78, 5) is 1.55. The average Bonchev–Trinajstić information content (AvgIpc) is 2.61. The summed E-state index contributed by atoms with van der Waals surface area (Å²) in [5.74, 6) is 1.46. The maximum absolute atomic E-state index is 2.37. The Morgan fingerprint density at radius 2 is 1.93 bits per heavy atom. The lowest BCUT2D eigenvalue weighted by Crippen LogP contribution is -2.02. The van der Waals surface area contributed by atoms with Gasteiger partial charge in [-0.3, -0.25) is 0 Å². The molecule has 1 aromatic heterocycles. The number of hydrogen-bond acceptors (Lipinski definition) is 1. The van der Waals surface area contributed by atoms with Crippen LogP contribution in [0.25, 0.3) is 10.1 Å². The molecule has 0 saturated heterocycles. The zero-order chi connectivity index (χ0) is 10.8. The fraction of sp³-hybridized carbons (Fsp3) is 0.429. The second-order valence-corrected chi connectivity index (χ2v) is 5.56. The summed E-state index contributed by atoms with van der Waals surface area (Å²) in [5, 5.41) is 1.40. The third-order valence-corrected chi connectivity index (χ3v) is 4.30. The van der Waals surface area contributed by atoms with Gasteiger partial charge in [-0.25, -0.2) is 0 Å². The van der Waals surface area contributed by atoms with E-state index in [1.165, 1.54) is 16.5 Å². The van der Waals surface area contributed by atoms with E-state index in [0.717, 1.165) is 11.8 Å². The van der Waals surface area contributed by atoms with Crippen LogP contribution in [-0.4, -0.2) is 0 Å². The summed E-state index contributed by atoms with van der Waals surface area (Å²) in [6, 6.07) is 11.0. The molecule has 2 aromatic rings. The second-order valence-electron chi connectivity index (χ2n) is 4.45. The summed E-state index contributed by atoms with van der Waals surface area (Å²) in [6.45, 7) is 6.92. The third kappa shape index (κ3) is 2.07. The predicted molar refractivity (Wildman–Crippen MR) is 69.7 cm³/mol. The van der Waals surface area contributed by atoms with Crippen LogP contribution in [0.1, 0.15) is 38.0 Å². The van der Waals surface area contributed by atoms with E-state index >= 15 is 0 Å². The van der Waals surface area contributed by atoms with Crippen molar-refractivity contribution in [1.82, 2.24) is 0 Å². The van der Waals surface area contributed by atoms with Gasteiger partial charge in [-0.15, -0.1) is 11.3 Å². The first-order chi connectivity index (χ1) is 7.22. The van der Waals surface area contributed by atoms with E-state index in [2.05, 4.69) is 51.1 Å². The van der Waals surface area contributed by atoms with Crippen LogP contribution in [-0.2, 0) is 0 Å². The Balaban J connectivity index is 2.43. The molecule has 80 valence electrons. The molecule has 0 fully saturated rings. The lowest BCUT2D eigenvalue weighted by molar-refractivity contribution is 0.492. The van der Waals surface area contributed by atoms with E-state index in [-0.39, 0.29) is 0 Å². The van der Waals surface area contributed by atoms with Crippen molar-refractivity contribution < 1.29 is 0 Å². The second kappa shape index (κ2) is 4.36. The normalized spacial score (nSPS) is 13.6. The minimum absolute atomic E-state index is 0.724. The molecule has 1 aromatic carbocycles. The SMILES string of the molecule is CCC(c1cc2ccccc2s1)C(C)C. The molecule has 0 spiro atoms. The van der Waals surface area contributed by atoms with Crippen LogP contribution in [0, 0.1) is 5.92 Å². The minimum Gasteiger partial charge on any atom is -0.140 e. The van der Waals surface area contributed by atoms with Crippen LogP contribution in [0.2, 0.25) is 0 Å². The van der Waals surface area contributed by atoms with Gasteiger partial charge in [-0.1, -0.05) is 39.0 Å². The topological polar surface area (TPSA) is 0 Å². The number of rotatable bonds is 3. The Morgan fingerprint density at radius 1 is 1.20 bits per heavy atom. The molecule has 0 radical (unpaired) electrons. The molecule has 1 unspecified atom stereocenters. The van der Waals surface area contributed by atoms with Crippen molar-refractivity contribution in [3.8, 4) is 0 Å². The first kappa shape index (κ1) is 10.7. The molecule has 1 heteroatoms. The smallest absolute Gasteiger partial charge is 0.0345 e. The van der Waals surface area contributed by atoms with Gasteiger partial charge in [0.05, 0.1) is 0 Å². The van der Waals surface area contributed by atoms with E-state index in [0.29, 0.717) is 0 Å². The molecule has 0 aliphatic carbocycles. The van der Waals surface area contributed by atoms with Gasteiger partial charge < -0.3 is 0 Å². The lowest BCUT2D eigenvalue weighted by atomic mass is 9.92. The quantitative estimate of drug-likeness (QED) is 0.676. The molecule has 0 bridgehead atoms. The number of fused-ring (bicyclic) bond motifs is 1. The van der Waals surface area contributed by atoms with Crippen LogP contribution >= 0.6 is 11.3 Å². The van der Waals surface area contributed by atoms with Crippen molar-refractivity contribution in [3.05, 3.63) is 35.2 Å². The van der Waals surface area contributed by atoms with Crippen molar-refractivity contribution in [2.24, 2.45) is 5.92 Å². The van der Waals surface area contributed by atoms with Crippen molar-refractivity contribution in [2.75, 3.05) is 0 Å². The summed E-state index contributed by atoms with van der Waals surface area (Å²) in [7, 11) is 0. The molecule has 0 nitrogen and oxygen atoms in total. The zero-order valence-electron chi connectivity index (χ0n) is 9.66. The summed E-state index contributed by atoms with van der Waals surface area (Å²) < 4.78 is 1.42. The van der Waals surface area contributed by atoms with Crippen molar-refractivity contribution >= 4 is 21.4 Å². The average molecular weight is 218 g/mol. The van der Waals surface area contributed by atoms with Gasteiger partial charge in [0.2, 0.25) is 0 Å². The molecule has 0 saturated carbocycles. The highest BCUT2D eigenvalue weighted by Crippen LogP contribution is 2.36. The Bertz CT molecular complexity index is 406. The monoisotopic (exact) mass is 218 g/mol. The summed E-state index contributed by atoms with van der Waals surface area (Å²) in [5.41, 5.74) is 0. The Kier molecular flexibility index (Phi) is 3.11. The summed E-state index contributed by atoms with van der Waals surface area (Å²) >= 11 is 1.96. The van der Waals surface area contributed by atoms with Crippen molar-refractivity contribution in [1.29, 1.82) is 0 Å². The highest BCUT2D eigenvalue weighted by Gasteiger charge is 2.15. The summed E-state index contributed by atoms with van der Waals surface area (Å²) in [6.07, 6.45) is 1.24. The first-order valence-electron chi connectivity index (χ1n) is 5.71. The van der Waals surface area contributed by atoms with Gasteiger partial charge >= 0.3 is 0 Å². The molecular formula is C14H18S. The van der Waals surface area contributed by atoms with Crippen LogP contribution in [0.4, 0.5) is 0 Å². The fourth-order valence-electron chi connectivity index (χ4n) is 2.19. The van der Waals surface area contributed by atoms with Gasteiger partial charge in [-0.2, -0.15) is 0 Å². The van der Waals surface area contributed by atoms with E-state index < -0.39 is 0 Å². The van der Waals surface area contributed by atoms with Crippen LogP contribution in [0.15, 0.2) is 30.3 Å². The van der Waals surface area contributed by atoms with Crippen LogP contribution in [0.5, 0.6) is 0 Å². The predicted octanol–water partition coefficient (Wildman–Crippen LogP) is 5.05. The lowest BCUT2D eigenvalue weighted by Gasteiger charge is -2.16. The maximum Gasteiger partial charge on any atom is 0.0345 e. The van der Waals surface area contributed by atoms with Crippen LogP contribution in [0.3, 0.4) is 0 Å². The number of hydrogen-bond donors (Lipinski definition) is 0. The van der Waals surface area contributed by atoms with E-state index in [4.69, 9.17) is 0 Å². The molecule has 1 heterocycles. The van der Waals surface area contributed by atoms with E-state index in [1.54, 1.807) is 4.88 Å². The zero-order valence-corrected chi connectivity index (χ0v) is 10.5. The molecule has 1 atom stereocenters. The molecule has 0 aliphatic rings. The van der Waals surface area contributed by atoms with Gasteiger partial charge in [0.15, 0.2) is 0 Å². The Labute approximate surface area is 95.9 Å². The third-order valence-electron chi connectivity index (χ3n) is 3.05. The van der Waals surface area contributed by atoms with Gasteiger partial charge in [0.1, 0.15) is 0 Å². The van der Waals surface area contributed by atoms with E-state index in [9.17, 15) is 0 Å². The van der Waals surface area contributed by atoms with Crippen LogP contribution < -0.4 is 0 Å². The van der Waals surface area contributed by atoms with Crippen molar-refractivity contribution in [3.63, 3.8) is 0 Å². The van der Waals surface area contributed by atoms with Gasteiger partial charge in [-0.05, 0) is 35.8 Å². The van der Waals surface area contributed by atoms with Gasteiger partial charge in [0, 0.05) is 9.58 Å². The molecule has 0 N–H and O–H groups in total. The molecule has 2 rings (SSSR count). The van der Waals surface area contributed by atoms with Gasteiger partial charge in [0.25, 0.3) is 0 Å². The van der Waals surface area contributed by atoms with Crippen molar-refractivity contribution in [2.45, 2.75) is 33.1 Å². The Morgan fingerprint density at radius 3 is 2.53 bits per heavy atom. The molecule has 0 aliphatic heterocycles. The maximum atomic E-state index is 2.37. The molecule has 0 amide bonds. The minimum atomic E-state index is 0.724. The van der Waals surface area contributed by atoms with E-state index in [1.807, 2.05) is 11.3 Å². The highest BCUT2D eigenvalue weighted by atomic mass is 32.1. The number of benzene rings is 1. The molecular weight excluding hydrogens is 200 g/mol. The highest BCUT2D eigenvalue weighted by molar-refractivity contribution is 7.19. The Hall–Kier alpha value is -0.820. The standard InChI is InChI=1S/C14H18S/c1-4-12(10(2)3)14-9-11-7-5-6-8-13(11)15-14/h5-10,12H,4H2,1-3H3. The molecule has 15 heavy (non-hydrogen) atoms. The largest absolute Gasteiger partial charge is 0.140 e.